The molecule has 1 atom stereocenters. The van der Waals surface area contributed by atoms with Crippen LogP contribution in [0.2, 0.25) is 0 Å². The third kappa shape index (κ3) is 1.89. The van der Waals surface area contributed by atoms with Gasteiger partial charge in [-0.15, -0.1) is 11.3 Å². The summed E-state index contributed by atoms with van der Waals surface area (Å²) in [5, 5.41) is 1.94. The van der Waals surface area contributed by atoms with E-state index in [4.69, 9.17) is 12.2 Å². The molecule has 1 aliphatic carbocycles. The van der Waals surface area contributed by atoms with Crippen molar-refractivity contribution in [2.24, 2.45) is 0 Å². The molecule has 4 nitrogen and oxygen atoms in total. The fourth-order valence-electron chi connectivity index (χ4n) is 3.03. The van der Waals surface area contributed by atoms with Gasteiger partial charge in [0.1, 0.15) is 4.70 Å². The number of fused-ring (bicyclic) bond motifs is 1. The van der Waals surface area contributed by atoms with E-state index in [1.165, 1.54) is 24.2 Å². The summed E-state index contributed by atoms with van der Waals surface area (Å²) < 4.78 is 3.16. The SMILES string of the molecule is O=c1c2sccc2[nH]c(=S)n1C1CCN(C2CC2)C1. The van der Waals surface area contributed by atoms with Crippen molar-refractivity contribution in [3.8, 4) is 0 Å². The van der Waals surface area contributed by atoms with E-state index < -0.39 is 0 Å². The van der Waals surface area contributed by atoms with Crippen molar-refractivity contribution in [3.05, 3.63) is 26.6 Å². The minimum absolute atomic E-state index is 0.0800. The van der Waals surface area contributed by atoms with Gasteiger partial charge in [0.25, 0.3) is 5.56 Å². The quantitative estimate of drug-likeness (QED) is 0.865. The maximum Gasteiger partial charge on any atom is 0.272 e. The molecule has 1 saturated heterocycles. The van der Waals surface area contributed by atoms with E-state index in [9.17, 15) is 4.79 Å². The number of hydrogen-bond donors (Lipinski definition) is 1. The molecule has 0 radical (unpaired) electrons. The molecule has 6 heteroatoms. The van der Waals surface area contributed by atoms with Crippen molar-refractivity contribution in [2.75, 3.05) is 13.1 Å². The summed E-state index contributed by atoms with van der Waals surface area (Å²) in [7, 11) is 0. The van der Waals surface area contributed by atoms with E-state index in [0.717, 1.165) is 35.8 Å². The van der Waals surface area contributed by atoms with Gasteiger partial charge in [0.2, 0.25) is 0 Å². The van der Waals surface area contributed by atoms with Gasteiger partial charge in [-0.1, -0.05) is 0 Å². The second-order valence-corrected chi connectivity index (χ2v) is 6.74. The van der Waals surface area contributed by atoms with Crippen LogP contribution in [0, 0.1) is 4.77 Å². The topological polar surface area (TPSA) is 41.0 Å². The molecule has 1 aliphatic heterocycles. The van der Waals surface area contributed by atoms with Gasteiger partial charge in [0, 0.05) is 19.1 Å². The zero-order valence-corrected chi connectivity index (χ0v) is 12.1. The van der Waals surface area contributed by atoms with Crippen molar-refractivity contribution in [2.45, 2.75) is 31.3 Å². The molecular weight excluding hydrogens is 278 g/mol. The molecule has 19 heavy (non-hydrogen) atoms. The van der Waals surface area contributed by atoms with Crippen LogP contribution in [-0.2, 0) is 0 Å². The van der Waals surface area contributed by atoms with Gasteiger partial charge in [-0.3, -0.25) is 14.3 Å². The van der Waals surface area contributed by atoms with Crippen LogP contribution in [0.15, 0.2) is 16.2 Å². The van der Waals surface area contributed by atoms with E-state index in [0.29, 0.717) is 4.77 Å². The molecule has 2 aromatic rings. The monoisotopic (exact) mass is 293 g/mol. The van der Waals surface area contributed by atoms with Crippen LogP contribution in [0.25, 0.3) is 10.2 Å². The van der Waals surface area contributed by atoms with Gasteiger partial charge >= 0.3 is 0 Å². The number of thiophene rings is 1. The maximum absolute atomic E-state index is 12.6. The van der Waals surface area contributed by atoms with Gasteiger partial charge in [-0.25, -0.2) is 0 Å². The molecule has 2 aliphatic rings. The first-order valence-electron chi connectivity index (χ1n) is 6.70. The molecule has 2 aromatic heterocycles. The third-order valence-electron chi connectivity index (χ3n) is 4.16. The lowest BCUT2D eigenvalue weighted by atomic mass is 10.2. The highest BCUT2D eigenvalue weighted by Gasteiger charge is 2.35. The van der Waals surface area contributed by atoms with Crippen LogP contribution >= 0.6 is 23.6 Å². The molecule has 0 aromatic carbocycles. The Labute approximate surface area is 119 Å². The van der Waals surface area contributed by atoms with E-state index >= 15 is 0 Å². The highest BCUT2D eigenvalue weighted by Crippen LogP contribution is 2.33. The van der Waals surface area contributed by atoms with Crippen LogP contribution < -0.4 is 5.56 Å². The van der Waals surface area contributed by atoms with Crippen molar-refractivity contribution in [1.82, 2.24) is 14.5 Å². The molecular formula is C13H15N3OS2. The van der Waals surface area contributed by atoms with Crippen LogP contribution in [-0.4, -0.2) is 33.6 Å². The fourth-order valence-corrected chi connectivity index (χ4v) is 4.16. The first-order chi connectivity index (χ1) is 9.24. The summed E-state index contributed by atoms with van der Waals surface area (Å²) in [5.74, 6) is 0. The summed E-state index contributed by atoms with van der Waals surface area (Å²) >= 11 is 6.87. The lowest BCUT2D eigenvalue weighted by Gasteiger charge is -2.16. The summed E-state index contributed by atoms with van der Waals surface area (Å²) in [6.07, 6.45) is 3.67. The second-order valence-electron chi connectivity index (χ2n) is 5.44. The molecule has 0 bridgehead atoms. The first-order valence-corrected chi connectivity index (χ1v) is 7.99. The smallest absolute Gasteiger partial charge is 0.272 e. The van der Waals surface area contributed by atoms with Crippen LogP contribution in [0.1, 0.15) is 25.3 Å². The predicted molar refractivity (Wildman–Crippen MR) is 79.5 cm³/mol. The molecule has 4 rings (SSSR count). The Morgan fingerprint density at radius 2 is 2.16 bits per heavy atom. The molecule has 1 saturated carbocycles. The lowest BCUT2D eigenvalue weighted by Crippen LogP contribution is -2.29. The van der Waals surface area contributed by atoms with E-state index in [1.807, 2.05) is 11.4 Å². The highest BCUT2D eigenvalue weighted by atomic mass is 32.1. The Hall–Kier alpha value is -0.980. The summed E-state index contributed by atoms with van der Waals surface area (Å²) in [4.78, 5) is 18.2. The molecule has 3 heterocycles. The van der Waals surface area contributed by atoms with Crippen LogP contribution in [0.3, 0.4) is 0 Å². The van der Waals surface area contributed by atoms with Crippen molar-refractivity contribution < 1.29 is 0 Å². The zero-order valence-electron chi connectivity index (χ0n) is 10.5. The van der Waals surface area contributed by atoms with Gasteiger partial charge in [0.05, 0.1) is 11.6 Å². The number of aromatic amines is 1. The number of likely N-dealkylation sites (tertiary alicyclic amines) is 1. The molecule has 0 amide bonds. The number of hydrogen-bond acceptors (Lipinski definition) is 4. The van der Waals surface area contributed by atoms with Crippen LogP contribution in [0.5, 0.6) is 0 Å². The van der Waals surface area contributed by atoms with E-state index in [1.54, 1.807) is 4.57 Å². The Kier molecular flexibility index (Phi) is 2.65. The summed E-state index contributed by atoms with van der Waals surface area (Å²) in [5.41, 5.74) is 0.949. The second kappa shape index (κ2) is 4.26. The number of H-pyrrole nitrogens is 1. The summed E-state index contributed by atoms with van der Waals surface area (Å²) in [6.45, 7) is 2.07. The molecule has 1 unspecified atom stereocenters. The normalized spacial score (nSPS) is 24.3. The van der Waals surface area contributed by atoms with Gasteiger partial charge in [0.15, 0.2) is 4.77 Å². The average Bonchev–Trinajstić information content (AvgIpc) is 2.94. The predicted octanol–water partition coefficient (Wildman–Crippen LogP) is 2.53. The van der Waals surface area contributed by atoms with Crippen molar-refractivity contribution in [3.63, 3.8) is 0 Å². The van der Waals surface area contributed by atoms with E-state index in [2.05, 4.69) is 9.88 Å². The Balaban J connectivity index is 1.78. The minimum Gasteiger partial charge on any atom is -0.331 e. The van der Waals surface area contributed by atoms with Crippen LogP contribution in [0.4, 0.5) is 0 Å². The fraction of sp³-hybridized carbons (Fsp3) is 0.538. The molecule has 2 fully saturated rings. The Bertz CT molecular complexity index is 740. The van der Waals surface area contributed by atoms with Gasteiger partial charge < -0.3 is 4.98 Å². The molecule has 100 valence electrons. The first kappa shape index (κ1) is 11.8. The Morgan fingerprint density at radius 3 is 2.95 bits per heavy atom. The maximum atomic E-state index is 12.6. The standard InChI is InChI=1S/C13H15N3OS2/c17-12-11-10(4-6-19-11)14-13(18)16(12)9-3-5-15(7-9)8-1-2-8/h4,6,8-9H,1-3,5,7H2,(H,14,18). The largest absolute Gasteiger partial charge is 0.331 e. The number of nitrogens with zero attached hydrogens (tertiary/aromatic N) is 2. The number of rotatable bonds is 2. The minimum atomic E-state index is 0.0800. The van der Waals surface area contributed by atoms with Crippen molar-refractivity contribution >= 4 is 33.8 Å². The van der Waals surface area contributed by atoms with E-state index in [-0.39, 0.29) is 11.6 Å². The number of nitrogens with one attached hydrogen (secondary N) is 1. The summed E-state index contributed by atoms with van der Waals surface area (Å²) in [6, 6.07) is 2.93. The third-order valence-corrected chi connectivity index (χ3v) is 5.36. The molecule has 1 N–H and O–H groups in total. The van der Waals surface area contributed by atoms with Gasteiger partial charge in [-0.2, -0.15) is 0 Å². The average molecular weight is 293 g/mol. The van der Waals surface area contributed by atoms with Crippen molar-refractivity contribution in [1.29, 1.82) is 0 Å². The zero-order chi connectivity index (χ0) is 13.0. The highest BCUT2D eigenvalue weighted by molar-refractivity contribution is 7.71. The Morgan fingerprint density at radius 1 is 1.32 bits per heavy atom. The van der Waals surface area contributed by atoms with Gasteiger partial charge in [-0.05, 0) is 42.9 Å². The lowest BCUT2D eigenvalue weighted by molar-refractivity contribution is 0.312. The molecule has 0 spiro atoms. The number of aromatic nitrogens is 2.